The van der Waals surface area contributed by atoms with Crippen LogP contribution in [0.15, 0.2) is 36.9 Å². The Morgan fingerprint density at radius 3 is 3.06 bits per heavy atom. The third kappa shape index (κ3) is 3.34. The monoisotopic (exact) mass is 246 g/mol. The Morgan fingerprint density at radius 1 is 1.44 bits per heavy atom. The average molecular weight is 246 g/mol. The van der Waals surface area contributed by atoms with E-state index in [-0.39, 0.29) is 6.61 Å². The van der Waals surface area contributed by atoms with Crippen LogP contribution in [0.3, 0.4) is 0 Å². The molecule has 3 heteroatoms. The maximum Gasteiger partial charge on any atom is 0.0558 e. The number of hydrogen-bond donors (Lipinski definition) is 2. The van der Waals surface area contributed by atoms with E-state index in [1.165, 1.54) is 11.3 Å². The molecule has 98 valence electrons. The van der Waals surface area contributed by atoms with Gasteiger partial charge >= 0.3 is 0 Å². The topological polar surface area (TPSA) is 35.5 Å². The van der Waals surface area contributed by atoms with Gasteiger partial charge in [-0.15, -0.1) is 6.58 Å². The summed E-state index contributed by atoms with van der Waals surface area (Å²) in [5.41, 5.74) is 2.67. The fraction of sp³-hybridized carbons (Fsp3) is 0.467. The van der Waals surface area contributed by atoms with Crippen LogP contribution in [-0.2, 0) is 6.42 Å². The molecule has 1 aromatic rings. The Labute approximate surface area is 109 Å². The molecule has 2 rings (SSSR count). The highest BCUT2D eigenvalue weighted by Gasteiger charge is 2.19. The van der Waals surface area contributed by atoms with Crippen LogP contribution in [0.25, 0.3) is 0 Å². The fourth-order valence-electron chi connectivity index (χ4n) is 2.58. The second-order valence-electron chi connectivity index (χ2n) is 4.88. The van der Waals surface area contributed by atoms with Crippen molar-refractivity contribution in [2.75, 3.05) is 38.1 Å². The molecule has 2 N–H and O–H groups in total. The summed E-state index contributed by atoms with van der Waals surface area (Å²) in [7, 11) is 0. The summed E-state index contributed by atoms with van der Waals surface area (Å²) < 4.78 is 0. The van der Waals surface area contributed by atoms with Gasteiger partial charge in [0, 0.05) is 31.9 Å². The highest BCUT2D eigenvalue weighted by Crippen LogP contribution is 2.24. The molecular formula is C15H22N2O. The molecule has 0 spiro atoms. The summed E-state index contributed by atoms with van der Waals surface area (Å²) in [5.74, 6) is 0.603. The summed E-state index contributed by atoms with van der Waals surface area (Å²) >= 11 is 0. The van der Waals surface area contributed by atoms with Crippen LogP contribution in [0, 0.1) is 5.92 Å². The SMILES string of the molecule is C=CCN(CCO)CC1CNc2ccccc2C1. The van der Waals surface area contributed by atoms with Gasteiger partial charge in [0.05, 0.1) is 6.61 Å². The van der Waals surface area contributed by atoms with Crippen molar-refractivity contribution in [3.05, 3.63) is 42.5 Å². The van der Waals surface area contributed by atoms with E-state index in [1.54, 1.807) is 0 Å². The van der Waals surface area contributed by atoms with Crippen molar-refractivity contribution in [1.82, 2.24) is 4.90 Å². The van der Waals surface area contributed by atoms with Gasteiger partial charge in [0.2, 0.25) is 0 Å². The van der Waals surface area contributed by atoms with Gasteiger partial charge < -0.3 is 10.4 Å². The van der Waals surface area contributed by atoms with Gasteiger partial charge in [-0.05, 0) is 24.0 Å². The number of hydrogen-bond acceptors (Lipinski definition) is 3. The first-order chi connectivity index (χ1) is 8.83. The van der Waals surface area contributed by atoms with Crippen molar-refractivity contribution in [1.29, 1.82) is 0 Å². The minimum absolute atomic E-state index is 0.213. The van der Waals surface area contributed by atoms with Crippen LogP contribution >= 0.6 is 0 Å². The molecular weight excluding hydrogens is 224 g/mol. The molecule has 3 nitrogen and oxygen atoms in total. The number of benzene rings is 1. The first-order valence-corrected chi connectivity index (χ1v) is 6.59. The van der Waals surface area contributed by atoms with Gasteiger partial charge in [-0.1, -0.05) is 24.3 Å². The molecule has 0 radical (unpaired) electrons. The second-order valence-corrected chi connectivity index (χ2v) is 4.88. The van der Waals surface area contributed by atoms with E-state index < -0.39 is 0 Å². The Bertz CT molecular complexity index is 392. The lowest BCUT2D eigenvalue weighted by molar-refractivity contribution is 0.189. The highest BCUT2D eigenvalue weighted by atomic mass is 16.3. The van der Waals surface area contributed by atoms with E-state index in [0.29, 0.717) is 5.92 Å². The molecule has 1 heterocycles. The van der Waals surface area contributed by atoms with Crippen LogP contribution < -0.4 is 5.32 Å². The predicted octanol–water partition coefficient (Wildman–Crippen LogP) is 1.75. The van der Waals surface area contributed by atoms with Crippen molar-refractivity contribution >= 4 is 5.69 Å². The van der Waals surface area contributed by atoms with Crippen molar-refractivity contribution in [3.63, 3.8) is 0 Å². The fourth-order valence-corrected chi connectivity index (χ4v) is 2.58. The van der Waals surface area contributed by atoms with Gasteiger partial charge in [0.25, 0.3) is 0 Å². The third-order valence-electron chi connectivity index (χ3n) is 3.43. The standard InChI is InChI=1S/C15H22N2O/c1-2-7-17(8-9-18)12-13-10-14-5-3-4-6-15(14)16-11-13/h2-6,13,16,18H,1,7-12H2. The number of fused-ring (bicyclic) bond motifs is 1. The number of nitrogens with one attached hydrogen (secondary N) is 1. The Hall–Kier alpha value is -1.32. The number of aliphatic hydroxyl groups excluding tert-OH is 1. The van der Waals surface area contributed by atoms with E-state index in [9.17, 15) is 0 Å². The average Bonchev–Trinajstić information content (AvgIpc) is 2.39. The smallest absolute Gasteiger partial charge is 0.0558 e. The van der Waals surface area contributed by atoms with E-state index in [4.69, 9.17) is 5.11 Å². The largest absolute Gasteiger partial charge is 0.395 e. The zero-order chi connectivity index (χ0) is 12.8. The van der Waals surface area contributed by atoms with Crippen LogP contribution in [0.4, 0.5) is 5.69 Å². The van der Waals surface area contributed by atoms with Crippen molar-refractivity contribution in [2.45, 2.75) is 6.42 Å². The molecule has 0 saturated heterocycles. The first kappa shape index (κ1) is 13.1. The van der Waals surface area contributed by atoms with Gasteiger partial charge in [0.1, 0.15) is 0 Å². The maximum atomic E-state index is 9.06. The molecule has 1 aliphatic heterocycles. The summed E-state index contributed by atoms with van der Waals surface area (Å²) in [6.07, 6.45) is 3.02. The van der Waals surface area contributed by atoms with Crippen molar-refractivity contribution in [3.8, 4) is 0 Å². The van der Waals surface area contributed by atoms with Gasteiger partial charge in [-0.2, -0.15) is 0 Å². The first-order valence-electron chi connectivity index (χ1n) is 6.59. The maximum absolute atomic E-state index is 9.06. The lowest BCUT2D eigenvalue weighted by Crippen LogP contribution is -2.37. The molecule has 0 bridgehead atoms. The zero-order valence-corrected chi connectivity index (χ0v) is 10.8. The molecule has 1 aromatic carbocycles. The number of nitrogens with zero attached hydrogens (tertiary/aromatic N) is 1. The molecule has 0 aliphatic carbocycles. The van der Waals surface area contributed by atoms with Crippen LogP contribution in [-0.4, -0.2) is 42.8 Å². The summed E-state index contributed by atoms with van der Waals surface area (Å²) in [4.78, 5) is 2.26. The van der Waals surface area contributed by atoms with E-state index in [0.717, 1.165) is 32.6 Å². The molecule has 0 amide bonds. The van der Waals surface area contributed by atoms with Crippen LogP contribution in [0.1, 0.15) is 5.56 Å². The Kier molecular flexibility index (Phi) is 4.79. The van der Waals surface area contributed by atoms with Crippen LogP contribution in [0.5, 0.6) is 0 Å². The highest BCUT2D eigenvalue weighted by molar-refractivity contribution is 5.53. The Balaban J connectivity index is 1.93. The Morgan fingerprint density at radius 2 is 2.28 bits per heavy atom. The minimum atomic E-state index is 0.213. The molecule has 1 atom stereocenters. The van der Waals surface area contributed by atoms with Gasteiger partial charge in [-0.25, -0.2) is 0 Å². The second kappa shape index (κ2) is 6.57. The molecule has 1 aliphatic rings. The number of anilines is 1. The van der Waals surface area contributed by atoms with E-state index in [2.05, 4.69) is 41.1 Å². The molecule has 0 fully saturated rings. The predicted molar refractivity (Wildman–Crippen MR) is 75.8 cm³/mol. The van der Waals surface area contributed by atoms with Gasteiger partial charge in [-0.3, -0.25) is 4.90 Å². The van der Waals surface area contributed by atoms with Gasteiger partial charge in [0.15, 0.2) is 0 Å². The lowest BCUT2D eigenvalue weighted by atomic mass is 9.93. The van der Waals surface area contributed by atoms with E-state index >= 15 is 0 Å². The molecule has 1 unspecified atom stereocenters. The normalized spacial score (nSPS) is 18.2. The molecule has 0 saturated carbocycles. The van der Waals surface area contributed by atoms with Crippen molar-refractivity contribution in [2.24, 2.45) is 5.92 Å². The number of aliphatic hydroxyl groups is 1. The zero-order valence-electron chi connectivity index (χ0n) is 10.8. The lowest BCUT2D eigenvalue weighted by Gasteiger charge is -2.30. The van der Waals surface area contributed by atoms with E-state index in [1.807, 2.05) is 6.08 Å². The third-order valence-corrected chi connectivity index (χ3v) is 3.43. The summed E-state index contributed by atoms with van der Waals surface area (Å²) in [6, 6.07) is 8.50. The summed E-state index contributed by atoms with van der Waals surface area (Å²) in [6.45, 7) is 7.58. The quantitative estimate of drug-likeness (QED) is 0.751. The minimum Gasteiger partial charge on any atom is -0.395 e. The molecule has 18 heavy (non-hydrogen) atoms. The molecule has 0 aromatic heterocycles. The van der Waals surface area contributed by atoms with Crippen molar-refractivity contribution < 1.29 is 5.11 Å². The van der Waals surface area contributed by atoms with Crippen LogP contribution in [0.2, 0.25) is 0 Å². The number of rotatable bonds is 6. The summed E-state index contributed by atoms with van der Waals surface area (Å²) in [5, 5.41) is 12.5. The number of para-hydroxylation sites is 1.